The molecule has 3 aromatic rings. The zero-order chi connectivity index (χ0) is 31.5. The van der Waals surface area contributed by atoms with Crippen LogP contribution in [0.3, 0.4) is 0 Å². The van der Waals surface area contributed by atoms with Gasteiger partial charge in [-0.1, -0.05) is 23.7 Å². The van der Waals surface area contributed by atoms with E-state index in [1.807, 2.05) is 0 Å². The van der Waals surface area contributed by atoms with Crippen LogP contribution in [0.2, 0.25) is 5.02 Å². The van der Waals surface area contributed by atoms with Gasteiger partial charge >= 0.3 is 13.6 Å². The van der Waals surface area contributed by atoms with E-state index in [0.717, 1.165) is 4.90 Å². The van der Waals surface area contributed by atoms with Crippen LogP contribution >= 0.6 is 19.2 Å². The molecule has 1 aliphatic heterocycles. The van der Waals surface area contributed by atoms with E-state index in [2.05, 4.69) is 5.32 Å². The Balaban J connectivity index is 1.50. The number of amides is 2. The number of aromatic nitrogens is 1. The highest BCUT2D eigenvalue weighted by atomic mass is 35.5. The molecule has 0 saturated carbocycles. The number of nitrogens with one attached hydrogen (secondary N) is 1. The molecule has 3 N–H and O–H groups in total. The fourth-order valence-electron chi connectivity index (χ4n) is 4.89. The summed E-state index contributed by atoms with van der Waals surface area (Å²) in [5, 5.41) is 2.88. The highest BCUT2D eigenvalue weighted by Crippen LogP contribution is 2.35. The Hall–Kier alpha value is -3.64. The predicted molar refractivity (Wildman–Crippen MR) is 152 cm³/mol. The van der Waals surface area contributed by atoms with Gasteiger partial charge in [-0.25, -0.2) is 8.78 Å². The number of ether oxygens (including phenoxy) is 1. The molecule has 1 saturated heterocycles. The first-order valence-electron chi connectivity index (χ1n) is 13.3. The second-order valence-electron chi connectivity index (χ2n) is 10.2. The number of hydrogen-bond acceptors (Lipinski definition) is 6. The molecule has 43 heavy (non-hydrogen) atoms. The predicted octanol–water partition coefficient (Wildman–Crippen LogP) is 3.76. The zero-order valence-electron chi connectivity index (χ0n) is 23.0. The normalized spacial score (nSPS) is 16.8. The second kappa shape index (κ2) is 13.3. The smallest absolute Gasteiger partial charge is 0.325 e. The van der Waals surface area contributed by atoms with Crippen LogP contribution < -0.4 is 10.1 Å². The van der Waals surface area contributed by atoms with Crippen LogP contribution in [-0.2, 0) is 32.0 Å². The third kappa shape index (κ3) is 8.05. The second-order valence-corrected chi connectivity index (χ2v) is 12.4. The van der Waals surface area contributed by atoms with Crippen molar-refractivity contribution in [3.63, 3.8) is 0 Å². The van der Waals surface area contributed by atoms with E-state index in [0.29, 0.717) is 10.9 Å². The van der Waals surface area contributed by atoms with Gasteiger partial charge in [-0.2, -0.15) is 0 Å². The molecule has 0 unspecified atom stereocenters. The number of carbonyl (C=O) groups excluding carboxylic acids is 4. The minimum Gasteiger partial charge on any atom is -0.426 e. The standard InChI is InChI=1S/C28H29ClF2N3O8P/c1-16(35)21-14-33(23-11-19(7-8-20(21)23)42-26(37)6-3-9-43(39,40)41)15-25(36)34-13-18(30)10-24(34)28(38)32-12-17-4-2-5-22(29)27(17)31/h2,4-5,7-8,11,14,18,24H,3,6,9-10,12-13,15H2,1H3,(H,32,38)(H2,39,40,41)/t18-,24+/m1/s1. The molecular formula is C28H29ClF2N3O8P. The average Bonchev–Trinajstić information content (AvgIpc) is 3.49. The quantitative estimate of drug-likeness (QED) is 0.124. The van der Waals surface area contributed by atoms with Crippen molar-refractivity contribution in [2.45, 2.75) is 51.5 Å². The van der Waals surface area contributed by atoms with Crippen molar-refractivity contribution in [1.82, 2.24) is 14.8 Å². The molecule has 4 rings (SSSR count). The maximum Gasteiger partial charge on any atom is 0.325 e. The fourth-order valence-corrected chi connectivity index (χ4v) is 5.65. The van der Waals surface area contributed by atoms with Crippen LogP contribution in [0.15, 0.2) is 42.6 Å². The summed E-state index contributed by atoms with van der Waals surface area (Å²) in [6.45, 7) is 0.417. The first-order chi connectivity index (χ1) is 20.2. The highest BCUT2D eigenvalue weighted by Gasteiger charge is 2.39. The molecule has 0 spiro atoms. The van der Waals surface area contributed by atoms with Crippen LogP contribution in [0.25, 0.3) is 10.9 Å². The number of fused-ring (bicyclic) bond motifs is 1. The fraction of sp³-hybridized carbons (Fsp3) is 0.357. The lowest BCUT2D eigenvalue weighted by Crippen LogP contribution is -2.46. The Morgan fingerprint density at radius 2 is 1.93 bits per heavy atom. The summed E-state index contributed by atoms with van der Waals surface area (Å²) >= 11 is 5.79. The van der Waals surface area contributed by atoms with Crippen molar-refractivity contribution >= 4 is 53.7 Å². The van der Waals surface area contributed by atoms with Crippen molar-refractivity contribution in [3.05, 3.63) is 64.6 Å². The molecule has 2 heterocycles. The van der Waals surface area contributed by atoms with Crippen molar-refractivity contribution in [3.8, 4) is 5.75 Å². The molecular weight excluding hydrogens is 611 g/mol. The maximum absolute atomic E-state index is 14.5. The number of ketones is 1. The zero-order valence-corrected chi connectivity index (χ0v) is 24.6. The first kappa shape index (κ1) is 32.3. The number of Topliss-reactive ketones (excluding diaryl/α,β-unsaturated/α-hetero) is 1. The third-order valence-corrected chi connectivity index (χ3v) is 8.15. The molecule has 0 radical (unpaired) electrons. The van der Waals surface area contributed by atoms with E-state index in [1.54, 1.807) is 0 Å². The monoisotopic (exact) mass is 639 g/mol. The van der Waals surface area contributed by atoms with Gasteiger partial charge < -0.3 is 29.3 Å². The summed E-state index contributed by atoms with van der Waals surface area (Å²) in [6, 6.07) is 7.58. The summed E-state index contributed by atoms with van der Waals surface area (Å²) in [5.74, 6) is -2.92. The largest absolute Gasteiger partial charge is 0.426 e. The number of halogens is 3. The van der Waals surface area contributed by atoms with Crippen molar-refractivity contribution < 1.29 is 47.0 Å². The van der Waals surface area contributed by atoms with Gasteiger partial charge in [0, 0.05) is 48.2 Å². The molecule has 15 heteroatoms. The van der Waals surface area contributed by atoms with E-state index in [9.17, 15) is 32.5 Å². The van der Waals surface area contributed by atoms with Crippen LogP contribution in [0, 0.1) is 5.82 Å². The number of carbonyl (C=O) groups is 4. The average molecular weight is 640 g/mol. The number of alkyl halides is 1. The lowest BCUT2D eigenvalue weighted by atomic mass is 10.1. The molecule has 2 atom stereocenters. The van der Waals surface area contributed by atoms with E-state index in [4.69, 9.17) is 26.1 Å². The van der Waals surface area contributed by atoms with Crippen LogP contribution in [0.5, 0.6) is 5.75 Å². The summed E-state index contributed by atoms with van der Waals surface area (Å²) in [4.78, 5) is 69.8. The molecule has 2 amide bonds. The molecule has 1 fully saturated rings. The number of hydrogen-bond donors (Lipinski definition) is 3. The van der Waals surface area contributed by atoms with Gasteiger partial charge in [0.15, 0.2) is 5.78 Å². The van der Waals surface area contributed by atoms with Gasteiger partial charge in [0.05, 0.1) is 23.2 Å². The Morgan fingerprint density at radius 1 is 1.19 bits per heavy atom. The molecule has 11 nitrogen and oxygen atoms in total. The Morgan fingerprint density at radius 3 is 2.63 bits per heavy atom. The van der Waals surface area contributed by atoms with Crippen molar-refractivity contribution in [1.29, 1.82) is 0 Å². The van der Waals surface area contributed by atoms with Crippen LogP contribution in [0.4, 0.5) is 8.78 Å². The van der Waals surface area contributed by atoms with E-state index in [-0.39, 0.29) is 66.6 Å². The number of nitrogens with zero attached hydrogens (tertiary/aromatic N) is 2. The van der Waals surface area contributed by atoms with Crippen molar-refractivity contribution in [2.75, 3.05) is 12.7 Å². The van der Waals surface area contributed by atoms with E-state index >= 15 is 0 Å². The maximum atomic E-state index is 14.5. The molecule has 1 aromatic heterocycles. The lowest BCUT2D eigenvalue weighted by Gasteiger charge is -2.24. The van der Waals surface area contributed by atoms with Gasteiger partial charge in [-0.15, -0.1) is 0 Å². The van der Waals surface area contributed by atoms with Gasteiger partial charge in [0.1, 0.15) is 30.3 Å². The number of rotatable bonds is 11. The SMILES string of the molecule is CC(=O)c1cn(CC(=O)N2C[C@H](F)C[C@H]2C(=O)NCc2cccc(Cl)c2F)c2cc(OC(=O)CCCP(=O)(O)O)ccc12. The molecule has 0 bridgehead atoms. The third-order valence-electron chi connectivity index (χ3n) is 6.96. The van der Waals surface area contributed by atoms with Crippen LogP contribution in [-0.4, -0.2) is 67.7 Å². The van der Waals surface area contributed by atoms with Gasteiger partial charge in [-0.05, 0) is 31.5 Å². The Kier molecular flexibility index (Phi) is 10.0. The summed E-state index contributed by atoms with van der Waals surface area (Å²) in [7, 11) is -4.26. The van der Waals surface area contributed by atoms with Crippen LogP contribution in [0.1, 0.15) is 42.1 Å². The van der Waals surface area contributed by atoms with Gasteiger partial charge in [0.25, 0.3) is 0 Å². The minimum absolute atomic E-state index is 0.0751. The topological polar surface area (TPSA) is 155 Å². The summed E-state index contributed by atoms with van der Waals surface area (Å²) < 4.78 is 46.4. The minimum atomic E-state index is -4.26. The Bertz CT molecular complexity index is 1620. The highest BCUT2D eigenvalue weighted by molar-refractivity contribution is 7.51. The molecule has 1 aliphatic rings. The number of benzene rings is 2. The first-order valence-corrected chi connectivity index (χ1v) is 15.4. The summed E-state index contributed by atoms with van der Waals surface area (Å²) in [5.41, 5.74) is 0.764. The molecule has 0 aliphatic carbocycles. The Labute approximate surface area is 249 Å². The van der Waals surface area contributed by atoms with Crippen molar-refractivity contribution in [2.24, 2.45) is 0 Å². The number of likely N-dealkylation sites (tertiary alicyclic amines) is 1. The lowest BCUT2D eigenvalue weighted by molar-refractivity contribution is -0.139. The van der Waals surface area contributed by atoms with E-state index < -0.39 is 49.6 Å². The number of esters is 1. The summed E-state index contributed by atoms with van der Waals surface area (Å²) in [6.07, 6.45) is -1.07. The molecule has 2 aromatic carbocycles. The van der Waals surface area contributed by atoms with E-state index in [1.165, 1.54) is 54.1 Å². The van der Waals surface area contributed by atoms with Gasteiger partial charge in [-0.3, -0.25) is 23.7 Å². The van der Waals surface area contributed by atoms with Gasteiger partial charge in [0.2, 0.25) is 11.8 Å². The molecule has 230 valence electrons.